The van der Waals surface area contributed by atoms with E-state index in [2.05, 4.69) is 15.9 Å². The number of benzene rings is 2. The molecular formula is C15H14BrFO2. The Morgan fingerprint density at radius 3 is 2.68 bits per heavy atom. The molecular weight excluding hydrogens is 311 g/mol. The summed E-state index contributed by atoms with van der Waals surface area (Å²) in [6.45, 7) is 0. The highest BCUT2D eigenvalue weighted by atomic mass is 79.9. The van der Waals surface area contributed by atoms with Crippen LogP contribution >= 0.6 is 15.9 Å². The van der Waals surface area contributed by atoms with E-state index in [0.29, 0.717) is 16.9 Å². The lowest BCUT2D eigenvalue weighted by Gasteiger charge is -2.15. The SMILES string of the molecule is COc1cc(Br)ccc1C(O)Cc1ccccc1F. The van der Waals surface area contributed by atoms with Crippen molar-refractivity contribution in [3.63, 3.8) is 0 Å². The van der Waals surface area contributed by atoms with E-state index in [4.69, 9.17) is 4.74 Å². The van der Waals surface area contributed by atoms with Gasteiger partial charge in [0, 0.05) is 16.5 Å². The van der Waals surface area contributed by atoms with Crippen LogP contribution < -0.4 is 4.74 Å². The highest BCUT2D eigenvalue weighted by Gasteiger charge is 2.15. The fraction of sp³-hybridized carbons (Fsp3) is 0.200. The Bertz CT molecular complexity index is 572. The van der Waals surface area contributed by atoms with Crippen LogP contribution in [-0.4, -0.2) is 12.2 Å². The van der Waals surface area contributed by atoms with Crippen molar-refractivity contribution < 1.29 is 14.2 Å². The van der Waals surface area contributed by atoms with Crippen molar-refractivity contribution in [3.05, 3.63) is 63.9 Å². The normalized spacial score (nSPS) is 12.2. The molecule has 2 nitrogen and oxygen atoms in total. The second kappa shape index (κ2) is 6.17. The van der Waals surface area contributed by atoms with Gasteiger partial charge in [0.15, 0.2) is 0 Å². The molecule has 4 heteroatoms. The van der Waals surface area contributed by atoms with Gasteiger partial charge < -0.3 is 9.84 Å². The Hall–Kier alpha value is -1.39. The van der Waals surface area contributed by atoms with Crippen LogP contribution in [0.4, 0.5) is 4.39 Å². The smallest absolute Gasteiger partial charge is 0.126 e. The first kappa shape index (κ1) is 14.0. The van der Waals surface area contributed by atoms with Crippen molar-refractivity contribution in [1.29, 1.82) is 0 Å². The van der Waals surface area contributed by atoms with Gasteiger partial charge in [0.05, 0.1) is 13.2 Å². The Labute approximate surface area is 120 Å². The fourth-order valence-electron chi connectivity index (χ4n) is 1.94. The van der Waals surface area contributed by atoms with Crippen molar-refractivity contribution in [2.45, 2.75) is 12.5 Å². The molecule has 0 aliphatic heterocycles. The largest absolute Gasteiger partial charge is 0.496 e. The van der Waals surface area contributed by atoms with Gasteiger partial charge in [0.1, 0.15) is 11.6 Å². The lowest BCUT2D eigenvalue weighted by Crippen LogP contribution is -2.05. The molecule has 0 amide bonds. The molecule has 0 aliphatic rings. The molecule has 2 aromatic carbocycles. The van der Waals surface area contributed by atoms with Crippen LogP contribution in [0, 0.1) is 5.82 Å². The van der Waals surface area contributed by atoms with Crippen molar-refractivity contribution in [2.75, 3.05) is 7.11 Å². The monoisotopic (exact) mass is 324 g/mol. The number of halogens is 2. The summed E-state index contributed by atoms with van der Waals surface area (Å²) >= 11 is 3.34. The van der Waals surface area contributed by atoms with E-state index < -0.39 is 6.10 Å². The van der Waals surface area contributed by atoms with Gasteiger partial charge in [-0.3, -0.25) is 0 Å². The molecule has 0 radical (unpaired) electrons. The van der Waals surface area contributed by atoms with Crippen molar-refractivity contribution in [1.82, 2.24) is 0 Å². The number of ether oxygens (including phenoxy) is 1. The molecule has 2 aromatic rings. The maximum absolute atomic E-state index is 13.6. The lowest BCUT2D eigenvalue weighted by molar-refractivity contribution is 0.172. The summed E-state index contributed by atoms with van der Waals surface area (Å²) in [5, 5.41) is 10.2. The van der Waals surface area contributed by atoms with E-state index in [-0.39, 0.29) is 12.2 Å². The van der Waals surface area contributed by atoms with Gasteiger partial charge >= 0.3 is 0 Å². The molecule has 0 aliphatic carbocycles. The van der Waals surface area contributed by atoms with Crippen LogP contribution in [-0.2, 0) is 6.42 Å². The van der Waals surface area contributed by atoms with Gasteiger partial charge in [0.25, 0.3) is 0 Å². The minimum absolute atomic E-state index is 0.213. The third kappa shape index (κ3) is 3.33. The fourth-order valence-corrected chi connectivity index (χ4v) is 2.28. The number of aliphatic hydroxyl groups excluding tert-OH is 1. The topological polar surface area (TPSA) is 29.5 Å². The minimum atomic E-state index is -0.806. The Morgan fingerprint density at radius 2 is 2.00 bits per heavy atom. The molecule has 1 unspecified atom stereocenters. The summed E-state index contributed by atoms with van der Waals surface area (Å²) in [5.74, 6) is 0.274. The molecule has 0 saturated heterocycles. The van der Waals surface area contributed by atoms with Crippen molar-refractivity contribution >= 4 is 15.9 Å². The highest BCUT2D eigenvalue weighted by molar-refractivity contribution is 9.10. The molecule has 0 saturated carbocycles. The molecule has 1 atom stereocenters. The zero-order chi connectivity index (χ0) is 13.8. The maximum atomic E-state index is 13.6. The van der Waals surface area contributed by atoms with E-state index in [9.17, 15) is 9.50 Å². The first-order valence-electron chi connectivity index (χ1n) is 5.86. The first-order chi connectivity index (χ1) is 9.11. The van der Waals surface area contributed by atoms with E-state index in [1.807, 2.05) is 6.07 Å². The van der Waals surface area contributed by atoms with Crippen molar-refractivity contribution in [3.8, 4) is 5.75 Å². The van der Waals surface area contributed by atoms with Crippen LogP contribution in [0.15, 0.2) is 46.9 Å². The summed E-state index contributed by atoms with van der Waals surface area (Å²) in [4.78, 5) is 0. The van der Waals surface area contributed by atoms with Gasteiger partial charge in [-0.2, -0.15) is 0 Å². The Morgan fingerprint density at radius 1 is 1.26 bits per heavy atom. The van der Waals surface area contributed by atoms with E-state index in [0.717, 1.165) is 4.47 Å². The van der Waals surface area contributed by atoms with E-state index in [1.165, 1.54) is 6.07 Å². The molecule has 19 heavy (non-hydrogen) atoms. The van der Waals surface area contributed by atoms with E-state index in [1.54, 1.807) is 37.4 Å². The van der Waals surface area contributed by atoms with Crippen LogP contribution in [0.1, 0.15) is 17.2 Å². The summed E-state index contributed by atoms with van der Waals surface area (Å²) in [7, 11) is 1.54. The van der Waals surface area contributed by atoms with Gasteiger partial charge in [0.2, 0.25) is 0 Å². The number of hydrogen-bond acceptors (Lipinski definition) is 2. The van der Waals surface area contributed by atoms with Crippen LogP contribution in [0.2, 0.25) is 0 Å². The molecule has 0 aromatic heterocycles. The third-order valence-corrected chi connectivity index (χ3v) is 3.42. The van der Waals surface area contributed by atoms with Gasteiger partial charge in [-0.15, -0.1) is 0 Å². The van der Waals surface area contributed by atoms with Crippen LogP contribution in [0.25, 0.3) is 0 Å². The third-order valence-electron chi connectivity index (χ3n) is 2.93. The van der Waals surface area contributed by atoms with Crippen LogP contribution in [0.5, 0.6) is 5.75 Å². The second-order valence-corrected chi connectivity index (χ2v) is 5.11. The number of rotatable bonds is 4. The number of methoxy groups -OCH3 is 1. The number of hydrogen-bond donors (Lipinski definition) is 1. The second-order valence-electron chi connectivity index (χ2n) is 4.20. The van der Waals surface area contributed by atoms with Gasteiger partial charge in [-0.05, 0) is 23.8 Å². The highest BCUT2D eigenvalue weighted by Crippen LogP contribution is 2.30. The summed E-state index contributed by atoms with van der Waals surface area (Å²) in [5.41, 5.74) is 1.13. The molecule has 0 bridgehead atoms. The molecule has 0 fully saturated rings. The minimum Gasteiger partial charge on any atom is -0.496 e. The van der Waals surface area contributed by atoms with Crippen molar-refractivity contribution in [2.24, 2.45) is 0 Å². The summed E-state index contributed by atoms with van der Waals surface area (Å²) in [6, 6.07) is 11.8. The average Bonchev–Trinajstić information content (AvgIpc) is 2.41. The average molecular weight is 325 g/mol. The first-order valence-corrected chi connectivity index (χ1v) is 6.66. The molecule has 100 valence electrons. The maximum Gasteiger partial charge on any atom is 0.126 e. The van der Waals surface area contributed by atoms with Gasteiger partial charge in [-0.1, -0.05) is 40.2 Å². The van der Waals surface area contributed by atoms with Crippen LogP contribution in [0.3, 0.4) is 0 Å². The quantitative estimate of drug-likeness (QED) is 0.925. The number of aliphatic hydroxyl groups is 1. The predicted molar refractivity (Wildman–Crippen MR) is 75.8 cm³/mol. The summed E-state index contributed by atoms with van der Waals surface area (Å²) in [6.07, 6.45) is -0.593. The van der Waals surface area contributed by atoms with E-state index >= 15 is 0 Å². The molecule has 1 N–H and O–H groups in total. The molecule has 2 rings (SSSR count). The van der Waals surface area contributed by atoms with Gasteiger partial charge in [-0.25, -0.2) is 4.39 Å². The molecule has 0 heterocycles. The molecule has 0 spiro atoms. The lowest BCUT2D eigenvalue weighted by atomic mass is 10.0. The standard InChI is InChI=1S/C15H14BrFO2/c1-19-15-9-11(16)6-7-12(15)14(18)8-10-4-2-3-5-13(10)17/h2-7,9,14,18H,8H2,1H3. The Kier molecular flexibility index (Phi) is 4.56. The zero-order valence-corrected chi connectivity index (χ0v) is 12.0. The predicted octanol–water partition coefficient (Wildman–Crippen LogP) is 3.87. The Balaban J connectivity index is 2.25. The summed E-state index contributed by atoms with van der Waals surface area (Å²) < 4.78 is 19.7. The zero-order valence-electron chi connectivity index (χ0n) is 10.4.